The molecule has 0 aromatic heterocycles. The molecule has 2 aliphatic rings. The van der Waals surface area contributed by atoms with Crippen molar-refractivity contribution >= 4 is 48.6 Å². The number of nitrogens with zero attached hydrogens (tertiary/aromatic N) is 1. The lowest BCUT2D eigenvalue weighted by atomic mass is 10.1. The quantitative estimate of drug-likeness (QED) is 0.841. The van der Waals surface area contributed by atoms with E-state index in [-0.39, 0.29) is 37.2 Å². The van der Waals surface area contributed by atoms with Gasteiger partial charge in [-0.3, -0.25) is 0 Å². The van der Waals surface area contributed by atoms with E-state index in [0.29, 0.717) is 6.04 Å². The lowest BCUT2D eigenvalue weighted by Crippen LogP contribution is -2.35. The van der Waals surface area contributed by atoms with Crippen LogP contribution in [-0.4, -0.2) is 32.2 Å². The van der Waals surface area contributed by atoms with Crippen LogP contribution >= 0.6 is 37.2 Å². The molecule has 2 N–H and O–H groups in total. The molecule has 0 aliphatic carbocycles. The third-order valence-corrected chi connectivity index (χ3v) is 4.28. The summed E-state index contributed by atoms with van der Waals surface area (Å²) in [6, 6.07) is 9.60. The van der Waals surface area contributed by atoms with Crippen LogP contribution in [-0.2, 0) is 0 Å². The van der Waals surface area contributed by atoms with E-state index in [1.54, 1.807) is 0 Å². The Balaban J connectivity index is 0.00000147. The average molecular weight is 369 g/mol. The number of anilines is 2. The molecular formula is C16H28Cl3N3. The monoisotopic (exact) mass is 367 g/mol. The zero-order chi connectivity index (χ0) is 12.9. The molecule has 2 saturated heterocycles. The van der Waals surface area contributed by atoms with Gasteiger partial charge in [0.05, 0.1) is 0 Å². The number of rotatable bonds is 3. The summed E-state index contributed by atoms with van der Waals surface area (Å²) < 4.78 is 0. The van der Waals surface area contributed by atoms with Gasteiger partial charge in [-0.15, -0.1) is 37.2 Å². The Morgan fingerprint density at radius 2 is 1.64 bits per heavy atom. The summed E-state index contributed by atoms with van der Waals surface area (Å²) in [5.74, 6) is 0. The Hall–Kier alpha value is -0.350. The predicted octanol–water partition coefficient (Wildman–Crippen LogP) is 4.11. The molecule has 2 heterocycles. The summed E-state index contributed by atoms with van der Waals surface area (Å²) in [5.41, 5.74) is 2.67. The van der Waals surface area contributed by atoms with Crippen LogP contribution in [0.15, 0.2) is 24.3 Å². The molecule has 0 atom stereocenters. The highest BCUT2D eigenvalue weighted by molar-refractivity contribution is 5.86. The summed E-state index contributed by atoms with van der Waals surface area (Å²) in [5, 5.41) is 7.11. The van der Waals surface area contributed by atoms with Crippen LogP contribution in [0.25, 0.3) is 0 Å². The van der Waals surface area contributed by atoms with Crippen LogP contribution in [0, 0.1) is 0 Å². The topological polar surface area (TPSA) is 27.3 Å². The van der Waals surface area contributed by atoms with Gasteiger partial charge in [-0.2, -0.15) is 0 Å². The smallest absolute Gasteiger partial charge is 0.0386 e. The predicted molar refractivity (Wildman–Crippen MR) is 104 cm³/mol. The summed E-state index contributed by atoms with van der Waals surface area (Å²) >= 11 is 0. The van der Waals surface area contributed by atoms with Gasteiger partial charge in [0.25, 0.3) is 0 Å². The Morgan fingerprint density at radius 1 is 0.955 bits per heavy atom. The standard InChI is InChI=1S/C16H25N3.3ClH/c1-2-11-19(12-3-1)16-6-4-5-15(13-16)18-14-7-9-17-10-8-14;;;/h4-6,13-14,17-18H,1-3,7-12H2;3*1H. The van der Waals surface area contributed by atoms with Crippen molar-refractivity contribution in [2.45, 2.75) is 38.1 Å². The van der Waals surface area contributed by atoms with E-state index >= 15 is 0 Å². The zero-order valence-electron chi connectivity index (χ0n) is 12.9. The van der Waals surface area contributed by atoms with Crippen LogP contribution in [0.1, 0.15) is 32.1 Å². The van der Waals surface area contributed by atoms with E-state index in [1.807, 2.05) is 0 Å². The minimum Gasteiger partial charge on any atom is -0.382 e. The first-order chi connectivity index (χ1) is 9.42. The molecule has 3 nitrogen and oxygen atoms in total. The second-order valence-corrected chi connectivity index (χ2v) is 5.77. The maximum absolute atomic E-state index is 3.69. The number of hydrogen-bond acceptors (Lipinski definition) is 3. The molecule has 0 bridgehead atoms. The molecule has 22 heavy (non-hydrogen) atoms. The van der Waals surface area contributed by atoms with E-state index in [2.05, 4.69) is 39.8 Å². The van der Waals surface area contributed by atoms with Gasteiger partial charge < -0.3 is 15.5 Å². The number of nitrogens with one attached hydrogen (secondary N) is 2. The van der Waals surface area contributed by atoms with E-state index in [4.69, 9.17) is 0 Å². The van der Waals surface area contributed by atoms with Gasteiger partial charge in [0.15, 0.2) is 0 Å². The average Bonchev–Trinajstić information content (AvgIpc) is 2.49. The molecule has 0 unspecified atom stereocenters. The Labute approximate surface area is 152 Å². The summed E-state index contributed by atoms with van der Waals surface area (Å²) in [6.45, 7) is 4.72. The SMILES string of the molecule is Cl.Cl.Cl.c1cc(NC2CCNCC2)cc(N2CCCCC2)c1. The van der Waals surface area contributed by atoms with E-state index in [1.165, 1.54) is 56.6 Å². The maximum Gasteiger partial charge on any atom is 0.0386 e. The lowest BCUT2D eigenvalue weighted by Gasteiger charge is -2.30. The van der Waals surface area contributed by atoms with Crippen molar-refractivity contribution < 1.29 is 0 Å². The second kappa shape index (κ2) is 11.2. The van der Waals surface area contributed by atoms with Gasteiger partial charge in [-0.25, -0.2) is 0 Å². The molecule has 0 amide bonds. The van der Waals surface area contributed by atoms with Gasteiger partial charge >= 0.3 is 0 Å². The van der Waals surface area contributed by atoms with Crippen molar-refractivity contribution in [1.82, 2.24) is 5.32 Å². The lowest BCUT2D eigenvalue weighted by molar-refractivity contribution is 0.479. The molecular weight excluding hydrogens is 341 g/mol. The fraction of sp³-hybridized carbons (Fsp3) is 0.625. The molecule has 128 valence electrons. The molecule has 0 saturated carbocycles. The highest BCUT2D eigenvalue weighted by Crippen LogP contribution is 2.24. The Bertz CT molecular complexity index is 405. The van der Waals surface area contributed by atoms with Gasteiger partial charge in [0.2, 0.25) is 0 Å². The van der Waals surface area contributed by atoms with Crippen molar-refractivity contribution in [3.05, 3.63) is 24.3 Å². The van der Waals surface area contributed by atoms with Crippen LogP contribution < -0.4 is 15.5 Å². The number of halogens is 3. The maximum atomic E-state index is 3.69. The second-order valence-electron chi connectivity index (χ2n) is 5.77. The highest BCUT2D eigenvalue weighted by Gasteiger charge is 2.14. The molecule has 0 spiro atoms. The van der Waals surface area contributed by atoms with Crippen molar-refractivity contribution in [3.63, 3.8) is 0 Å². The number of benzene rings is 1. The van der Waals surface area contributed by atoms with Crippen LogP contribution in [0.2, 0.25) is 0 Å². The molecule has 6 heteroatoms. The minimum absolute atomic E-state index is 0. The third kappa shape index (κ3) is 6.04. The van der Waals surface area contributed by atoms with Crippen molar-refractivity contribution in [3.8, 4) is 0 Å². The summed E-state index contributed by atoms with van der Waals surface area (Å²) in [4.78, 5) is 2.52. The van der Waals surface area contributed by atoms with Crippen molar-refractivity contribution in [2.75, 3.05) is 36.4 Å². The van der Waals surface area contributed by atoms with E-state index < -0.39 is 0 Å². The first kappa shape index (κ1) is 21.6. The van der Waals surface area contributed by atoms with Gasteiger partial charge in [0, 0.05) is 30.5 Å². The number of hydrogen-bond donors (Lipinski definition) is 2. The third-order valence-electron chi connectivity index (χ3n) is 4.28. The molecule has 2 fully saturated rings. The molecule has 1 aromatic carbocycles. The van der Waals surface area contributed by atoms with Crippen molar-refractivity contribution in [1.29, 1.82) is 0 Å². The minimum atomic E-state index is 0. The first-order valence-electron chi connectivity index (χ1n) is 7.74. The van der Waals surface area contributed by atoms with E-state index in [0.717, 1.165) is 13.1 Å². The van der Waals surface area contributed by atoms with Crippen LogP contribution in [0.4, 0.5) is 11.4 Å². The largest absolute Gasteiger partial charge is 0.382 e. The fourth-order valence-corrected chi connectivity index (χ4v) is 3.15. The molecule has 0 radical (unpaired) electrons. The summed E-state index contributed by atoms with van der Waals surface area (Å²) in [6.07, 6.45) is 6.53. The number of piperidine rings is 2. The van der Waals surface area contributed by atoms with Crippen molar-refractivity contribution in [2.24, 2.45) is 0 Å². The van der Waals surface area contributed by atoms with Gasteiger partial charge in [-0.1, -0.05) is 6.07 Å². The van der Waals surface area contributed by atoms with Crippen LogP contribution in [0.5, 0.6) is 0 Å². The molecule has 2 aliphatic heterocycles. The Morgan fingerprint density at radius 3 is 2.32 bits per heavy atom. The first-order valence-corrected chi connectivity index (χ1v) is 7.74. The van der Waals surface area contributed by atoms with Gasteiger partial charge in [0.1, 0.15) is 0 Å². The molecule has 3 rings (SSSR count). The highest BCUT2D eigenvalue weighted by atomic mass is 35.5. The Kier molecular flexibility index (Phi) is 11.0. The zero-order valence-corrected chi connectivity index (χ0v) is 15.4. The van der Waals surface area contributed by atoms with Gasteiger partial charge in [-0.05, 0) is 63.4 Å². The fourth-order valence-electron chi connectivity index (χ4n) is 3.15. The van der Waals surface area contributed by atoms with Crippen LogP contribution in [0.3, 0.4) is 0 Å². The van der Waals surface area contributed by atoms with E-state index in [9.17, 15) is 0 Å². The summed E-state index contributed by atoms with van der Waals surface area (Å²) in [7, 11) is 0. The molecule has 1 aromatic rings. The normalized spacial score (nSPS) is 18.5.